The molecule has 1 aromatic rings. The highest BCUT2D eigenvalue weighted by Gasteiger charge is 2.34. The number of allylic oxidation sites excluding steroid dienone is 4. The number of ketones is 2. The number of methoxy groups -OCH3 is 3. The van der Waals surface area contributed by atoms with Gasteiger partial charge in [0.25, 0.3) is 5.91 Å². The van der Waals surface area contributed by atoms with E-state index in [4.69, 9.17) is 29.8 Å². The molecule has 3 rings (SSSR count). The molecule has 6 atom stereocenters. The molecule has 0 saturated carbocycles. The van der Waals surface area contributed by atoms with Crippen molar-refractivity contribution in [3.8, 4) is 0 Å². The number of Topliss-reactive ketones (excluding diaryl/α,β-unsaturated/α-hetero) is 1. The summed E-state index contributed by atoms with van der Waals surface area (Å²) in [6.45, 7) is 11.7. The van der Waals surface area contributed by atoms with Gasteiger partial charge in [-0.2, -0.15) is 4.31 Å². The molecular weight excluding hydrogens is 787 g/mol. The van der Waals surface area contributed by atoms with Crippen LogP contribution >= 0.6 is 0 Å². The molecule has 59 heavy (non-hydrogen) atoms. The molecule has 0 aromatic heterocycles. The minimum Gasteiger partial charge on any atom is -0.492 e. The summed E-state index contributed by atoms with van der Waals surface area (Å²) in [7, 11) is 0.686. The monoisotopic (exact) mass is 845 g/mol. The van der Waals surface area contributed by atoms with Crippen molar-refractivity contribution in [2.45, 2.75) is 96.5 Å². The van der Waals surface area contributed by atoms with Crippen LogP contribution in [0.2, 0.25) is 0 Å². The fourth-order valence-corrected chi connectivity index (χ4v) is 8.18. The number of amides is 2. The van der Waals surface area contributed by atoms with E-state index in [2.05, 4.69) is 5.32 Å². The largest absolute Gasteiger partial charge is 0.492 e. The third-order valence-electron chi connectivity index (χ3n) is 9.63. The molecule has 326 valence electrons. The minimum atomic E-state index is -3.53. The molecule has 5 N–H and O–H groups in total. The van der Waals surface area contributed by atoms with E-state index >= 15 is 0 Å². The van der Waals surface area contributed by atoms with Gasteiger partial charge in [0, 0.05) is 50.4 Å². The van der Waals surface area contributed by atoms with Gasteiger partial charge in [0.15, 0.2) is 11.9 Å². The number of carboxylic acids is 1. The first-order chi connectivity index (χ1) is 27.8. The highest BCUT2D eigenvalue weighted by Crippen LogP contribution is 2.29. The number of carbonyl (C=O) groups is 5. The maximum Gasteiger partial charge on any atom is 0.405 e. The molecule has 1 heterocycles. The third kappa shape index (κ3) is 14.1. The molecule has 1 aromatic carbocycles. The van der Waals surface area contributed by atoms with E-state index in [1.165, 1.54) is 62.9 Å². The molecule has 1 aliphatic carbocycles. The van der Waals surface area contributed by atoms with Crippen LogP contribution in [-0.4, -0.2) is 111 Å². The van der Waals surface area contributed by atoms with Gasteiger partial charge in [-0.15, -0.1) is 0 Å². The lowest BCUT2D eigenvalue weighted by atomic mass is 9.85. The van der Waals surface area contributed by atoms with Crippen LogP contribution in [0.4, 0.5) is 4.79 Å². The van der Waals surface area contributed by atoms with E-state index in [1.54, 1.807) is 32.1 Å². The smallest absolute Gasteiger partial charge is 0.405 e. The second-order valence-electron chi connectivity index (χ2n) is 14.3. The van der Waals surface area contributed by atoms with Gasteiger partial charge in [0.2, 0.25) is 21.6 Å². The number of fused-ring (bicyclic) bond motifs is 2. The molecule has 0 saturated heterocycles. The summed E-state index contributed by atoms with van der Waals surface area (Å²) < 4.78 is 47.9. The molecule has 0 radical (unpaired) electrons. The van der Waals surface area contributed by atoms with E-state index in [0.717, 1.165) is 18.9 Å². The Morgan fingerprint density at radius 3 is 2.10 bits per heavy atom. The maximum atomic E-state index is 13.3. The number of ether oxygens (including phenoxy) is 4. The van der Waals surface area contributed by atoms with Gasteiger partial charge in [-0.05, 0) is 75.3 Å². The van der Waals surface area contributed by atoms with Crippen LogP contribution < -0.4 is 11.1 Å². The molecule has 2 amide bonds. The molecule has 1 aliphatic heterocycles. The number of benzene rings is 1. The first-order valence-electron chi connectivity index (χ1n) is 19.2. The summed E-state index contributed by atoms with van der Waals surface area (Å²) >= 11 is 0. The van der Waals surface area contributed by atoms with E-state index < -0.39 is 69.9 Å². The Bertz CT molecular complexity index is 1930. The maximum absolute atomic E-state index is 13.3. The number of nitrogens with two attached hydrogens (primary N) is 1. The van der Waals surface area contributed by atoms with Crippen molar-refractivity contribution in [1.29, 1.82) is 0 Å². The number of hydrogen-bond acceptors (Lipinski definition) is 12. The molecule has 0 fully saturated rings. The number of nitrogens with zero attached hydrogens (tertiary/aromatic N) is 1. The Balaban J connectivity index is 0.000000527. The second-order valence-corrected chi connectivity index (χ2v) is 16.3. The van der Waals surface area contributed by atoms with E-state index in [1.807, 2.05) is 20.8 Å². The van der Waals surface area contributed by atoms with Crippen LogP contribution in [0.1, 0.15) is 77.6 Å². The van der Waals surface area contributed by atoms with E-state index in [0.29, 0.717) is 25.1 Å². The number of aliphatic hydroxyl groups excluding tert-OH is 1. The van der Waals surface area contributed by atoms with Crippen LogP contribution in [0.5, 0.6) is 0 Å². The van der Waals surface area contributed by atoms with Crippen molar-refractivity contribution in [2.75, 3.05) is 34.4 Å². The average molecular weight is 846 g/mol. The van der Waals surface area contributed by atoms with Gasteiger partial charge in [-0.3, -0.25) is 14.4 Å². The zero-order valence-electron chi connectivity index (χ0n) is 35.2. The lowest BCUT2D eigenvalue weighted by Crippen LogP contribution is -2.37. The summed E-state index contributed by atoms with van der Waals surface area (Å²) in [5.74, 6) is -3.45. The number of aliphatic hydroxyl groups is 1. The number of carboxylic acid groups (broad SMARTS) is 1. The second kappa shape index (κ2) is 23.6. The Morgan fingerprint density at radius 2 is 1.59 bits per heavy atom. The summed E-state index contributed by atoms with van der Waals surface area (Å²) in [6, 6.07) is 5.31. The zero-order valence-corrected chi connectivity index (χ0v) is 36.0. The zero-order chi connectivity index (χ0) is 44.6. The van der Waals surface area contributed by atoms with E-state index in [-0.39, 0.29) is 45.4 Å². The molecule has 0 spiro atoms. The molecule has 2 aliphatic rings. The van der Waals surface area contributed by atoms with Crippen molar-refractivity contribution in [1.82, 2.24) is 9.62 Å². The molecule has 17 heteroatoms. The Kier molecular flexibility index (Phi) is 20.1. The standard InChI is InChI=1S/C29H40N2O9.C13H19NO4S/c1-15-11-19-25(34)20(14-21(32)27(19)39-7)31-28(35)16(2)9-8-10-22(37-5)26(40-29(30)36)18(4)13-17(3)24(33)23(12-15)38-6;1-3-9-14(10-4-2)19(17,18)12-7-5-11(6-8-12)13(15)16/h8-10,13-15,17,22-24,26,33H,11-12H2,1-7H3,(H2,30,36)(H,31,35);5-8H,3-4,9-10H2,1-2H3,(H,15,16)/b10-8-,16-9+,18-13+;/t15-,17+,22+,23+,24-,26+;/m1./s1. The van der Waals surface area contributed by atoms with Crippen molar-refractivity contribution in [3.63, 3.8) is 0 Å². The number of hydrogen-bond donors (Lipinski definition) is 4. The molecular formula is C42H59N3O13S. The number of aromatic carboxylic acids is 1. The van der Waals surface area contributed by atoms with Crippen LogP contribution in [-0.2, 0) is 43.4 Å². The predicted molar refractivity (Wildman–Crippen MR) is 219 cm³/mol. The average Bonchev–Trinajstić information content (AvgIpc) is 3.19. The topological polar surface area (TPSA) is 238 Å². The number of sulfonamides is 1. The van der Waals surface area contributed by atoms with Gasteiger partial charge in [0.05, 0.1) is 35.5 Å². The quantitative estimate of drug-likeness (QED) is 0.176. The predicted octanol–water partition coefficient (Wildman–Crippen LogP) is 4.60. The molecule has 2 bridgehead atoms. The fourth-order valence-electron chi connectivity index (χ4n) is 6.55. The number of rotatable bonds is 11. The highest BCUT2D eigenvalue weighted by molar-refractivity contribution is 7.89. The first kappa shape index (κ1) is 50.2. The first-order valence-corrected chi connectivity index (χ1v) is 20.7. The lowest BCUT2D eigenvalue weighted by molar-refractivity contribution is -0.120. The molecule has 16 nitrogen and oxygen atoms in total. The van der Waals surface area contributed by atoms with Crippen LogP contribution in [0.15, 0.2) is 87.7 Å². The Hall–Kier alpha value is -4.94. The van der Waals surface area contributed by atoms with Crippen molar-refractivity contribution >= 4 is 39.6 Å². The number of nitrogens with one attached hydrogen (secondary N) is 1. The van der Waals surface area contributed by atoms with Crippen LogP contribution in [0.25, 0.3) is 0 Å². The van der Waals surface area contributed by atoms with Crippen LogP contribution in [0.3, 0.4) is 0 Å². The SMILES string of the molecule is CCCN(CCC)S(=O)(=O)c1ccc(C(=O)O)cc1.COC1=C2C[C@@H](C)C[C@H](OC)[C@H](O)[C@@H](C)/C=C(\C)[C@H](OC(N)=O)[C@@H](OC)/C=C\C=C(/C)C(=O)NC(=CC1=O)C2=O. The van der Waals surface area contributed by atoms with Crippen LogP contribution in [0, 0.1) is 11.8 Å². The molecule has 0 unspecified atom stereocenters. The number of primary amides is 1. The summed E-state index contributed by atoms with van der Waals surface area (Å²) in [6.07, 6.45) is 5.10. The summed E-state index contributed by atoms with van der Waals surface area (Å²) in [5.41, 5.74) is 6.20. The van der Waals surface area contributed by atoms with Gasteiger partial charge in [-0.25, -0.2) is 18.0 Å². The summed E-state index contributed by atoms with van der Waals surface area (Å²) in [4.78, 5) is 61.5. The minimum absolute atomic E-state index is 0.0801. The lowest BCUT2D eigenvalue weighted by Gasteiger charge is -2.29. The van der Waals surface area contributed by atoms with Gasteiger partial charge < -0.3 is 40.2 Å². The van der Waals surface area contributed by atoms with Crippen molar-refractivity contribution in [3.05, 3.63) is 88.4 Å². The Morgan fingerprint density at radius 1 is 0.983 bits per heavy atom. The van der Waals surface area contributed by atoms with Gasteiger partial charge in [-0.1, -0.05) is 52.0 Å². The fraction of sp³-hybridized carbons (Fsp3) is 0.500. The highest BCUT2D eigenvalue weighted by atomic mass is 32.2. The van der Waals surface area contributed by atoms with Crippen molar-refractivity contribution < 1.29 is 61.6 Å². The van der Waals surface area contributed by atoms with Crippen molar-refractivity contribution in [2.24, 2.45) is 17.6 Å². The Labute approximate surface area is 346 Å². The van der Waals surface area contributed by atoms with Gasteiger partial charge >= 0.3 is 12.1 Å². The normalized spacial score (nSPS) is 25.9. The summed E-state index contributed by atoms with van der Waals surface area (Å²) in [5, 5.41) is 22.5. The number of carbonyl (C=O) groups excluding carboxylic acids is 4. The van der Waals surface area contributed by atoms with Gasteiger partial charge in [0.1, 0.15) is 6.10 Å². The van der Waals surface area contributed by atoms with E-state index in [9.17, 15) is 37.5 Å². The third-order valence-corrected chi connectivity index (χ3v) is 11.5.